The monoisotopic (exact) mass is 523 g/mol. The molecule has 1 aliphatic rings. The summed E-state index contributed by atoms with van der Waals surface area (Å²) in [4.78, 5) is 24.1. The third kappa shape index (κ3) is 6.35. The van der Waals surface area contributed by atoms with Crippen molar-refractivity contribution in [1.82, 2.24) is 15.2 Å². The summed E-state index contributed by atoms with van der Waals surface area (Å²) in [6, 6.07) is 9.65. The number of nitrogens with zero attached hydrogens (tertiary/aromatic N) is 1. The average Bonchev–Trinajstić information content (AvgIpc) is 3.21. The van der Waals surface area contributed by atoms with Crippen molar-refractivity contribution in [3.63, 3.8) is 0 Å². The topological polar surface area (TPSA) is 92.6 Å². The third-order valence-corrected chi connectivity index (χ3v) is 7.48. The second-order valence-corrected chi connectivity index (χ2v) is 10.1. The van der Waals surface area contributed by atoms with Crippen LogP contribution in [0.25, 0.3) is 22.2 Å². The number of hydrogen-bond donors (Lipinski definition) is 3. The Balaban J connectivity index is 1.65. The molecule has 0 aliphatic heterocycles. The fraction of sp³-hybridized carbons (Fsp3) is 0.467. The molecule has 0 atom stereocenters. The Hall–Kier alpha value is -3.39. The van der Waals surface area contributed by atoms with Crippen molar-refractivity contribution in [2.24, 2.45) is 7.05 Å². The Bertz CT molecular complexity index is 1280. The van der Waals surface area contributed by atoms with Gasteiger partial charge in [0.1, 0.15) is 11.6 Å². The number of nitrogens with one attached hydrogen (secondary N) is 2. The van der Waals surface area contributed by atoms with E-state index in [1.807, 2.05) is 24.7 Å². The standard InChI is InChI=1S/C30H38FN3O4/c1-32-15-7-4-8-16-33-27(35)19-38-26-18-22(31)12-14-24(26)29-28(20-9-5-3-6-10-20)23-13-11-21(30(36)37)17-25(23)34(29)2/h11-14,17-18,20,32H,3-10,15-16,19H2,1-2H3,(H,33,35)(H,36,37). The highest BCUT2D eigenvalue weighted by Crippen LogP contribution is 2.46. The summed E-state index contributed by atoms with van der Waals surface area (Å²) in [5.41, 5.74) is 3.75. The number of amides is 1. The van der Waals surface area contributed by atoms with E-state index in [1.165, 1.54) is 18.6 Å². The number of rotatable bonds is 12. The van der Waals surface area contributed by atoms with E-state index in [1.54, 1.807) is 18.2 Å². The van der Waals surface area contributed by atoms with Gasteiger partial charge in [0, 0.05) is 36.1 Å². The molecule has 4 rings (SSSR count). The first-order valence-electron chi connectivity index (χ1n) is 13.6. The predicted molar refractivity (Wildman–Crippen MR) is 147 cm³/mol. The fourth-order valence-corrected chi connectivity index (χ4v) is 5.57. The Kier molecular flexibility index (Phi) is 9.39. The van der Waals surface area contributed by atoms with E-state index in [2.05, 4.69) is 10.6 Å². The highest BCUT2D eigenvalue weighted by atomic mass is 19.1. The molecule has 38 heavy (non-hydrogen) atoms. The number of aromatic nitrogens is 1. The summed E-state index contributed by atoms with van der Waals surface area (Å²) in [5.74, 6) is -1.06. The van der Waals surface area contributed by atoms with Gasteiger partial charge in [0.15, 0.2) is 6.61 Å². The van der Waals surface area contributed by atoms with Crippen molar-refractivity contribution in [3.8, 4) is 17.0 Å². The smallest absolute Gasteiger partial charge is 0.335 e. The van der Waals surface area contributed by atoms with Crippen molar-refractivity contribution < 1.29 is 23.8 Å². The number of carbonyl (C=O) groups excluding carboxylic acids is 1. The Morgan fingerprint density at radius 3 is 2.55 bits per heavy atom. The zero-order valence-electron chi connectivity index (χ0n) is 22.3. The summed E-state index contributed by atoms with van der Waals surface area (Å²) in [6.07, 6.45) is 8.52. The van der Waals surface area contributed by atoms with Crippen molar-refractivity contribution in [2.45, 2.75) is 57.3 Å². The van der Waals surface area contributed by atoms with Crippen LogP contribution in [0.3, 0.4) is 0 Å². The molecule has 3 N–H and O–H groups in total. The molecule has 0 saturated heterocycles. The highest BCUT2D eigenvalue weighted by molar-refractivity contribution is 5.98. The number of fused-ring (bicyclic) bond motifs is 1. The largest absolute Gasteiger partial charge is 0.483 e. The summed E-state index contributed by atoms with van der Waals surface area (Å²) in [6.45, 7) is 1.32. The number of carboxylic acid groups (broad SMARTS) is 1. The maximum absolute atomic E-state index is 14.4. The van der Waals surface area contributed by atoms with E-state index in [4.69, 9.17) is 4.74 Å². The van der Waals surface area contributed by atoms with Crippen LogP contribution in [0.15, 0.2) is 36.4 Å². The van der Waals surface area contributed by atoms with Crippen LogP contribution in [-0.4, -0.2) is 48.3 Å². The van der Waals surface area contributed by atoms with E-state index in [0.717, 1.165) is 73.7 Å². The van der Waals surface area contributed by atoms with Crippen LogP contribution < -0.4 is 15.4 Å². The zero-order valence-corrected chi connectivity index (χ0v) is 22.3. The molecule has 0 radical (unpaired) electrons. The lowest BCUT2D eigenvalue weighted by atomic mass is 9.81. The van der Waals surface area contributed by atoms with Crippen LogP contribution in [0.2, 0.25) is 0 Å². The minimum Gasteiger partial charge on any atom is -0.483 e. The molecule has 204 valence electrons. The lowest BCUT2D eigenvalue weighted by molar-refractivity contribution is -0.123. The van der Waals surface area contributed by atoms with Gasteiger partial charge in [-0.05, 0) is 75.0 Å². The molecule has 3 aromatic rings. The van der Waals surface area contributed by atoms with Crippen molar-refractivity contribution >= 4 is 22.8 Å². The van der Waals surface area contributed by atoms with Gasteiger partial charge < -0.3 is 25.0 Å². The fourth-order valence-electron chi connectivity index (χ4n) is 5.57. The van der Waals surface area contributed by atoms with Gasteiger partial charge in [0.25, 0.3) is 5.91 Å². The number of benzene rings is 2. The van der Waals surface area contributed by atoms with Crippen molar-refractivity contribution in [1.29, 1.82) is 0 Å². The van der Waals surface area contributed by atoms with Gasteiger partial charge in [0.2, 0.25) is 0 Å². The van der Waals surface area contributed by atoms with Gasteiger partial charge in [-0.25, -0.2) is 9.18 Å². The molecule has 0 spiro atoms. The second kappa shape index (κ2) is 12.9. The van der Waals surface area contributed by atoms with Gasteiger partial charge in [-0.3, -0.25) is 4.79 Å². The Morgan fingerprint density at radius 2 is 1.82 bits per heavy atom. The van der Waals surface area contributed by atoms with Gasteiger partial charge >= 0.3 is 5.97 Å². The van der Waals surface area contributed by atoms with Crippen LogP contribution in [0, 0.1) is 5.82 Å². The molecule has 0 unspecified atom stereocenters. The Labute approximate surface area is 223 Å². The van der Waals surface area contributed by atoms with Crippen LogP contribution in [0.5, 0.6) is 5.75 Å². The molecule has 1 saturated carbocycles. The van der Waals surface area contributed by atoms with E-state index in [-0.39, 0.29) is 18.1 Å². The van der Waals surface area contributed by atoms with Gasteiger partial charge in [-0.15, -0.1) is 0 Å². The minimum atomic E-state index is -0.979. The predicted octanol–water partition coefficient (Wildman–Crippen LogP) is 5.62. The first-order chi connectivity index (χ1) is 18.4. The number of aromatic carboxylic acids is 1. The molecule has 1 aliphatic carbocycles. The molecule has 8 heteroatoms. The van der Waals surface area contributed by atoms with Crippen molar-refractivity contribution in [3.05, 3.63) is 53.3 Å². The molecule has 1 fully saturated rings. The van der Waals surface area contributed by atoms with E-state index >= 15 is 0 Å². The summed E-state index contributed by atoms with van der Waals surface area (Å²) in [5, 5.41) is 16.6. The van der Waals surface area contributed by atoms with Gasteiger partial charge in [-0.1, -0.05) is 31.7 Å². The first kappa shape index (κ1) is 27.6. The number of carbonyl (C=O) groups is 2. The summed E-state index contributed by atoms with van der Waals surface area (Å²) in [7, 11) is 3.83. The Morgan fingerprint density at radius 1 is 1.05 bits per heavy atom. The number of hydrogen-bond acceptors (Lipinski definition) is 4. The maximum Gasteiger partial charge on any atom is 0.335 e. The SMILES string of the molecule is CNCCCCCNC(=O)COc1cc(F)ccc1-c1c(C2CCCCC2)c2ccc(C(=O)O)cc2n1C. The van der Waals surface area contributed by atoms with E-state index in [9.17, 15) is 19.1 Å². The van der Waals surface area contributed by atoms with Crippen LogP contribution in [-0.2, 0) is 11.8 Å². The van der Waals surface area contributed by atoms with Gasteiger partial charge in [-0.2, -0.15) is 0 Å². The number of halogens is 1. The quantitative estimate of drug-likeness (QED) is 0.268. The number of aryl methyl sites for hydroxylation is 1. The van der Waals surface area contributed by atoms with E-state index < -0.39 is 11.8 Å². The molecule has 0 bridgehead atoms. The van der Waals surface area contributed by atoms with Crippen LogP contribution in [0.4, 0.5) is 4.39 Å². The molecule has 1 amide bonds. The number of carboxylic acids is 1. The summed E-state index contributed by atoms with van der Waals surface area (Å²) < 4.78 is 22.3. The lowest BCUT2D eigenvalue weighted by Crippen LogP contribution is -2.29. The molecular weight excluding hydrogens is 485 g/mol. The van der Waals surface area contributed by atoms with Crippen LogP contribution in [0.1, 0.15) is 73.2 Å². The molecule has 1 heterocycles. The first-order valence-corrected chi connectivity index (χ1v) is 13.6. The third-order valence-electron chi connectivity index (χ3n) is 7.48. The lowest BCUT2D eigenvalue weighted by Gasteiger charge is -2.24. The average molecular weight is 524 g/mol. The molecular formula is C30H38FN3O4. The minimum absolute atomic E-state index is 0.209. The number of unbranched alkanes of at least 4 members (excludes halogenated alkanes) is 2. The second-order valence-electron chi connectivity index (χ2n) is 10.1. The number of ether oxygens (including phenoxy) is 1. The van der Waals surface area contributed by atoms with Crippen LogP contribution >= 0.6 is 0 Å². The normalized spacial score (nSPS) is 14.1. The maximum atomic E-state index is 14.4. The van der Waals surface area contributed by atoms with Gasteiger partial charge in [0.05, 0.1) is 11.3 Å². The molecule has 7 nitrogen and oxygen atoms in total. The van der Waals surface area contributed by atoms with Crippen molar-refractivity contribution in [2.75, 3.05) is 26.7 Å². The molecule has 1 aromatic heterocycles. The molecule has 2 aromatic carbocycles. The zero-order chi connectivity index (χ0) is 27.1. The summed E-state index contributed by atoms with van der Waals surface area (Å²) >= 11 is 0. The van der Waals surface area contributed by atoms with E-state index in [0.29, 0.717) is 23.8 Å². The highest BCUT2D eigenvalue weighted by Gasteiger charge is 2.27.